The molecule has 0 saturated heterocycles. The quantitative estimate of drug-likeness (QED) is 0.531. The summed E-state index contributed by atoms with van der Waals surface area (Å²) < 4.78 is 34.6. The molecule has 10 heteroatoms. The van der Waals surface area contributed by atoms with Crippen molar-refractivity contribution in [3.05, 3.63) is 72.8 Å². The van der Waals surface area contributed by atoms with Gasteiger partial charge in [0.25, 0.3) is 10.0 Å². The lowest BCUT2D eigenvalue weighted by atomic mass is 10.1. The summed E-state index contributed by atoms with van der Waals surface area (Å²) >= 11 is 0. The van der Waals surface area contributed by atoms with Gasteiger partial charge in [0.15, 0.2) is 5.03 Å². The van der Waals surface area contributed by atoms with E-state index in [1.54, 1.807) is 48.3 Å². The number of aryl methyl sites for hydroxylation is 1. The van der Waals surface area contributed by atoms with Crippen LogP contribution in [-0.2, 0) is 23.5 Å². The number of hydrogen-bond donors (Lipinski definition) is 1. The zero-order valence-corrected chi connectivity index (χ0v) is 15.7. The van der Waals surface area contributed by atoms with Crippen molar-refractivity contribution in [2.45, 2.75) is 11.4 Å². The molecule has 0 saturated carbocycles. The van der Waals surface area contributed by atoms with Crippen LogP contribution in [-0.4, -0.2) is 33.1 Å². The number of hydrogen-bond acceptors (Lipinski definition) is 7. The molecule has 142 valence electrons. The van der Waals surface area contributed by atoms with E-state index in [1.807, 2.05) is 12.1 Å². The van der Waals surface area contributed by atoms with Gasteiger partial charge in [0, 0.05) is 31.2 Å². The van der Waals surface area contributed by atoms with Crippen molar-refractivity contribution in [1.29, 1.82) is 0 Å². The van der Waals surface area contributed by atoms with Gasteiger partial charge in [-0.3, -0.25) is 9.71 Å². The SMILES string of the molecule is Cn1cnc(S(=O)(=O)Nc2ccccc2Cc2nc(-c3cccnc3)no2)c1. The topological polar surface area (TPSA) is 116 Å². The summed E-state index contributed by atoms with van der Waals surface area (Å²) in [7, 11) is -2.10. The average Bonchev–Trinajstić information content (AvgIpc) is 3.33. The lowest BCUT2D eigenvalue weighted by Crippen LogP contribution is -2.14. The number of rotatable bonds is 6. The Bertz CT molecular complexity index is 1200. The Morgan fingerprint density at radius 1 is 1.18 bits per heavy atom. The molecular formula is C18H16N6O3S. The third kappa shape index (κ3) is 3.76. The van der Waals surface area contributed by atoms with Crippen molar-refractivity contribution >= 4 is 15.7 Å². The molecule has 0 aliphatic heterocycles. The lowest BCUT2D eigenvalue weighted by molar-refractivity contribution is 0.386. The van der Waals surface area contributed by atoms with Gasteiger partial charge in [-0.2, -0.15) is 13.4 Å². The maximum atomic E-state index is 12.6. The van der Waals surface area contributed by atoms with Crippen LogP contribution in [0.4, 0.5) is 5.69 Å². The van der Waals surface area contributed by atoms with E-state index < -0.39 is 10.0 Å². The van der Waals surface area contributed by atoms with Gasteiger partial charge in [-0.1, -0.05) is 23.4 Å². The van der Waals surface area contributed by atoms with Gasteiger partial charge in [0.05, 0.1) is 18.4 Å². The maximum absolute atomic E-state index is 12.6. The molecule has 9 nitrogen and oxygen atoms in total. The van der Waals surface area contributed by atoms with Crippen molar-refractivity contribution in [1.82, 2.24) is 24.7 Å². The van der Waals surface area contributed by atoms with Crippen LogP contribution in [0, 0.1) is 0 Å². The Kier molecular flexibility index (Phi) is 4.62. The monoisotopic (exact) mass is 396 g/mol. The fourth-order valence-electron chi connectivity index (χ4n) is 2.60. The van der Waals surface area contributed by atoms with E-state index in [-0.39, 0.29) is 11.4 Å². The first kappa shape index (κ1) is 17.9. The van der Waals surface area contributed by atoms with Gasteiger partial charge < -0.3 is 9.09 Å². The van der Waals surface area contributed by atoms with Crippen molar-refractivity contribution in [2.24, 2.45) is 7.05 Å². The lowest BCUT2D eigenvalue weighted by Gasteiger charge is -2.10. The minimum absolute atomic E-state index is 0.0542. The summed E-state index contributed by atoms with van der Waals surface area (Å²) in [4.78, 5) is 12.3. The second-order valence-electron chi connectivity index (χ2n) is 6.07. The largest absolute Gasteiger partial charge is 0.339 e. The van der Waals surface area contributed by atoms with E-state index in [9.17, 15) is 8.42 Å². The highest BCUT2D eigenvalue weighted by Gasteiger charge is 2.19. The van der Waals surface area contributed by atoms with Crippen LogP contribution in [0.3, 0.4) is 0 Å². The molecule has 4 rings (SSSR count). The number of aromatic nitrogens is 5. The number of pyridine rings is 1. The zero-order chi connectivity index (χ0) is 19.6. The minimum Gasteiger partial charge on any atom is -0.339 e. The summed E-state index contributed by atoms with van der Waals surface area (Å²) in [6.07, 6.45) is 6.44. The van der Waals surface area contributed by atoms with Crippen molar-refractivity contribution < 1.29 is 12.9 Å². The first-order chi connectivity index (χ1) is 13.5. The molecule has 0 unspecified atom stereocenters. The van der Waals surface area contributed by atoms with E-state index in [4.69, 9.17) is 4.52 Å². The molecule has 4 aromatic rings. The molecule has 0 aliphatic rings. The van der Waals surface area contributed by atoms with Crippen LogP contribution >= 0.6 is 0 Å². The highest BCUT2D eigenvalue weighted by atomic mass is 32.2. The number of benzene rings is 1. The number of nitrogens with zero attached hydrogens (tertiary/aromatic N) is 5. The molecule has 3 heterocycles. The van der Waals surface area contributed by atoms with E-state index >= 15 is 0 Å². The summed E-state index contributed by atoms with van der Waals surface area (Å²) in [5.41, 5.74) is 1.86. The van der Waals surface area contributed by atoms with Crippen LogP contribution in [0.25, 0.3) is 11.4 Å². The summed E-state index contributed by atoms with van der Waals surface area (Å²) in [6.45, 7) is 0. The van der Waals surface area contributed by atoms with E-state index in [0.717, 1.165) is 5.56 Å². The molecule has 3 aromatic heterocycles. The van der Waals surface area contributed by atoms with Crippen molar-refractivity contribution in [3.8, 4) is 11.4 Å². The number of nitrogens with one attached hydrogen (secondary N) is 1. The van der Waals surface area contributed by atoms with Gasteiger partial charge in [-0.05, 0) is 23.8 Å². The molecule has 0 radical (unpaired) electrons. The average molecular weight is 396 g/mol. The van der Waals surface area contributed by atoms with Crippen LogP contribution in [0.15, 0.2) is 70.9 Å². The highest BCUT2D eigenvalue weighted by molar-refractivity contribution is 7.92. The normalized spacial score (nSPS) is 11.5. The first-order valence-electron chi connectivity index (χ1n) is 8.33. The van der Waals surface area contributed by atoms with E-state index in [1.165, 1.54) is 12.5 Å². The predicted octanol–water partition coefficient (Wildman–Crippen LogP) is 2.26. The number of anilines is 1. The fraction of sp³-hybridized carbons (Fsp3) is 0.111. The summed E-state index contributed by atoms with van der Waals surface area (Å²) in [5, 5.41) is 3.91. The van der Waals surface area contributed by atoms with Crippen LogP contribution < -0.4 is 4.72 Å². The van der Waals surface area contributed by atoms with Crippen molar-refractivity contribution in [2.75, 3.05) is 4.72 Å². The van der Waals surface area contributed by atoms with Crippen LogP contribution in [0.2, 0.25) is 0 Å². The molecule has 1 aromatic carbocycles. The van der Waals surface area contributed by atoms with Crippen LogP contribution in [0.5, 0.6) is 0 Å². The molecule has 0 bridgehead atoms. The van der Waals surface area contributed by atoms with Gasteiger partial charge in [0.2, 0.25) is 11.7 Å². The van der Waals surface area contributed by atoms with E-state index in [2.05, 4.69) is 24.8 Å². The number of para-hydroxylation sites is 1. The number of sulfonamides is 1. The molecule has 0 fully saturated rings. The third-order valence-electron chi connectivity index (χ3n) is 3.95. The Balaban J connectivity index is 1.58. The first-order valence-corrected chi connectivity index (χ1v) is 9.81. The van der Waals surface area contributed by atoms with Crippen molar-refractivity contribution in [3.63, 3.8) is 0 Å². The highest BCUT2D eigenvalue weighted by Crippen LogP contribution is 2.23. The maximum Gasteiger partial charge on any atom is 0.280 e. The zero-order valence-electron chi connectivity index (χ0n) is 14.8. The molecular weight excluding hydrogens is 380 g/mol. The number of imidazole rings is 1. The summed E-state index contributed by atoms with van der Waals surface area (Å²) in [5.74, 6) is 0.790. The smallest absolute Gasteiger partial charge is 0.280 e. The van der Waals surface area contributed by atoms with Gasteiger partial charge >= 0.3 is 0 Å². The third-order valence-corrected chi connectivity index (χ3v) is 5.20. The second-order valence-corrected chi connectivity index (χ2v) is 7.70. The summed E-state index contributed by atoms with van der Waals surface area (Å²) in [6, 6.07) is 10.6. The standard InChI is InChI=1S/C18H16N6O3S/c1-24-11-17(20-12-24)28(25,26)23-15-7-3-2-5-13(15)9-16-21-18(22-27-16)14-6-4-8-19-10-14/h2-8,10-12,23H,9H2,1H3. The Morgan fingerprint density at radius 2 is 2.04 bits per heavy atom. The minimum atomic E-state index is -3.80. The Hall–Kier alpha value is -3.53. The Labute approximate surface area is 161 Å². The van der Waals surface area contributed by atoms with Crippen LogP contribution in [0.1, 0.15) is 11.5 Å². The van der Waals surface area contributed by atoms with E-state index in [0.29, 0.717) is 23.0 Å². The molecule has 0 aliphatic carbocycles. The molecule has 28 heavy (non-hydrogen) atoms. The van der Waals surface area contributed by atoms with Gasteiger partial charge in [-0.25, -0.2) is 4.98 Å². The molecule has 1 N–H and O–H groups in total. The van der Waals surface area contributed by atoms with Gasteiger partial charge in [0.1, 0.15) is 0 Å². The molecule has 0 amide bonds. The van der Waals surface area contributed by atoms with Gasteiger partial charge in [-0.15, -0.1) is 0 Å². The second kappa shape index (κ2) is 7.24. The molecule has 0 spiro atoms. The Morgan fingerprint density at radius 3 is 2.79 bits per heavy atom. The molecule has 0 atom stereocenters. The fourth-order valence-corrected chi connectivity index (χ4v) is 3.68. The predicted molar refractivity (Wildman–Crippen MR) is 101 cm³/mol.